The number of benzene rings is 1. The number of nitrogens with zero attached hydrogens (tertiary/aromatic N) is 2. The van der Waals surface area contributed by atoms with Crippen LogP contribution in [-0.4, -0.2) is 20.9 Å². The summed E-state index contributed by atoms with van der Waals surface area (Å²) in [6.07, 6.45) is 1.62. The molecule has 0 aliphatic carbocycles. The number of imidazole rings is 1. The van der Waals surface area contributed by atoms with Crippen molar-refractivity contribution in [2.75, 3.05) is 0 Å². The van der Waals surface area contributed by atoms with E-state index in [0.29, 0.717) is 32.6 Å². The van der Waals surface area contributed by atoms with E-state index in [9.17, 15) is 4.79 Å². The normalized spacial score (nSPS) is 11.0. The number of carbonyl (C=O) groups excluding carboxylic acids is 1. The van der Waals surface area contributed by atoms with Crippen LogP contribution in [-0.2, 0) is 11.2 Å². The Bertz CT molecular complexity index is 824. The van der Waals surface area contributed by atoms with Crippen molar-refractivity contribution < 1.29 is 4.79 Å². The number of aromatic nitrogens is 3. The smallest absolute Gasteiger partial charge is 0.223 e. The number of nitrogens with one attached hydrogen (secondary N) is 1. The first kappa shape index (κ1) is 13.9. The zero-order valence-corrected chi connectivity index (χ0v) is 12.2. The molecule has 0 aliphatic heterocycles. The summed E-state index contributed by atoms with van der Waals surface area (Å²) in [5.74, 6) is 0.0645. The molecule has 3 rings (SSSR count). The lowest BCUT2D eigenvalue weighted by Gasteiger charge is -2.02. The molecule has 0 atom stereocenters. The quantitative estimate of drug-likeness (QED) is 0.778. The Hall–Kier alpha value is -2.11. The molecule has 21 heavy (non-hydrogen) atoms. The Morgan fingerprint density at radius 2 is 1.95 bits per heavy atom. The molecule has 3 aromatic rings. The van der Waals surface area contributed by atoms with Crippen molar-refractivity contribution >= 4 is 40.1 Å². The van der Waals surface area contributed by atoms with Gasteiger partial charge in [-0.2, -0.15) is 0 Å². The summed E-state index contributed by atoms with van der Waals surface area (Å²) in [6.45, 7) is 0. The fraction of sp³-hybridized carbons (Fsp3) is 0.0714. The van der Waals surface area contributed by atoms with E-state index in [1.807, 2.05) is 0 Å². The molecule has 7 heteroatoms. The Balaban J connectivity index is 2.20. The maximum atomic E-state index is 11.1. The number of rotatable bonds is 3. The fourth-order valence-corrected chi connectivity index (χ4v) is 2.70. The van der Waals surface area contributed by atoms with Gasteiger partial charge in [-0.25, -0.2) is 4.98 Å². The summed E-state index contributed by atoms with van der Waals surface area (Å²) in [7, 11) is 0. The summed E-state index contributed by atoms with van der Waals surface area (Å²) in [5, 5.41) is 0.983. The van der Waals surface area contributed by atoms with Crippen LogP contribution in [0.2, 0.25) is 10.0 Å². The van der Waals surface area contributed by atoms with E-state index in [1.165, 1.54) is 0 Å². The number of carbonyl (C=O) groups is 1. The van der Waals surface area contributed by atoms with Crippen molar-refractivity contribution in [3.8, 4) is 11.4 Å². The highest BCUT2D eigenvalue weighted by Gasteiger charge is 2.15. The van der Waals surface area contributed by atoms with E-state index >= 15 is 0 Å². The van der Waals surface area contributed by atoms with Gasteiger partial charge in [-0.05, 0) is 18.2 Å². The van der Waals surface area contributed by atoms with Crippen LogP contribution in [0.25, 0.3) is 22.4 Å². The summed E-state index contributed by atoms with van der Waals surface area (Å²) in [6, 6.07) is 7.00. The standard InChI is InChI=1S/C14H10Cl2N4O/c15-7-2-1-3-8(16)12(7)14-19-9-4-5-18-10(6-11(17)21)13(9)20-14/h1-5H,6H2,(H2,17,21)(H,19,20). The zero-order valence-electron chi connectivity index (χ0n) is 10.7. The molecule has 0 radical (unpaired) electrons. The highest BCUT2D eigenvalue weighted by molar-refractivity contribution is 6.39. The minimum absolute atomic E-state index is 0.0257. The van der Waals surface area contributed by atoms with Gasteiger partial charge in [0.15, 0.2) is 0 Å². The summed E-state index contributed by atoms with van der Waals surface area (Å²) >= 11 is 12.4. The molecule has 0 fully saturated rings. The van der Waals surface area contributed by atoms with Crippen LogP contribution in [0, 0.1) is 0 Å². The van der Waals surface area contributed by atoms with E-state index in [2.05, 4.69) is 15.0 Å². The van der Waals surface area contributed by atoms with Gasteiger partial charge >= 0.3 is 0 Å². The Morgan fingerprint density at radius 1 is 1.24 bits per heavy atom. The molecule has 0 saturated carbocycles. The van der Waals surface area contributed by atoms with Gasteiger partial charge in [-0.1, -0.05) is 29.3 Å². The van der Waals surface area contributed by atoms with Gasteiger partial charge in [0.25, 0.3) is 0 Å². The number of nitrogens with two attached hydrogens (primary N) is 1. The van der Waals surface area contributed by atoms with Crippen molar-refractivity contribution in [3.63, 3.8) is 0 Å². The molecule has 0 saturated heterocycles. The molecule has 0 unspecified atom stereocenters. The first-order valence-corrected chi connectivity index (χ1v) is 6.88. The number of fused-ring (bicyclic) bond motifs is 1. The van der Waals surface area contributed by atoms with E-state index in [1.54, 1.807) is 30.5 Å². The predicted octanol–water partition coefficient (Wildman–Crippen LogP) is 2.96. The van der Waals surface area contributed by atoms with Crippen LogP contribution in [0.5, 0.6) is 0 Å². The number of amides is 1. The molecule has 0 bridgehead atoms. The second kappa shape index (κ2) is 5.35. The van der Waals surface area contributed by atoms with E-state index in [-0.39, 0.29) is 6.42 Å². The molecule has 2 heterocycles. The van der Waals surface area contributed by atoms with Crippen LogP contribution in [0.1, 0.15) is 5.69 Å². The van der Waals surface area contributed by atoms with Crippen molar-refractivity contribution in [2.24, 2.45) is 5.73 Å². The first-order chi connectivity index (χ1) is 10.1. The molecule has 0 aliphatic rings. The molecule has 106 valence electrons. The number of H-pyrrole nitrogens is 1. The molecule has 1 aromatic carbocycles. The van der Waals surface area contributed by atoms with Gasteiger partial charge in [-0.15, -0.1) is 0 Å². The van der Waals surface area contributed by atoms with Crippen molar-refractivity contribution in [1.82, 2.24) is 15.0 Å². The van der Waals surface area contributed by atoms with Gasteiger partial charge < -0.3 is 10.7 Å². The number of aromatic amines is 1. The SMILES string of the molecule is NC(=O)Cc1nccc2[nH]c(-c3c(Cl)cccc3Cl)nc12. The monoisotopic (exact) mass is 320 g/mol. The van der Waals surface area contributed by atoms with Gasteiger partial charge in [0.1, 0.15) is 11.3 Å². The Labute approximate surface area is 130 Å². The van der Waals surface area contributed by atoms with Crippen LogP contribution in [0.15, 0.2) is 30.5 Å². The molecule has 0 spiro atoms. The van der Waals surface area contributed by atoms with Crippen molar-refractivity contribution in [3.05, 3.63) is 46.2 Å². The number of primary amides is 1. The third kappa shape index (κ3) is 2.57. The second-order valence-corrected chi connectivity index (χ2v) is 5.29. The molecular formula is C14H10Cl2N4O. The number of hydrogen-bond donors (Lipinski definition) is 2. The number of hydrogen-bond acceptors (Lipinski definition) is 3. The lowest BCUT2D eigenvalue weighted by atomic mass is 10.2. The minimum atomic E-state index is -0.463. The molecule has 3 N–H and O–H groups in total. The van der Waals surface area contributed by atoms with Gasteiger partial charge in [-0.3, -0.25) is 9.78 Å². The highest BCUT2D eigenvalue weighted by atomic mass is 35.5. The molecule has 2 aromatic heterocycles. The zero-order chi connectivity index (χ0) is 15.0. The average molecular weight is 321 g/mol. The van der Waals surface area contributed by atoms with Gasteiger partial charge in [0.05, 0.1) is 33.2 Å². The molecule has 1 amide bonds. The Kier molecular flexibility index (Phi) is 3.53. The summed E-state index contributed by atoms with van der Waals surface area (Å²) in [5.41, 5.74) is 7.68. The molecule has 5 nitrogen and oxygen atoms in total. The van der Waals surface area contributed by atoms with Crippen LogP contribution in [0.3, 0.4) is 0 Å². The maximum Gasteiger partial charge on any atom is 0.223 e. The average Bonchev–Trinajstić information content (AvgIpc) is 2.82. The van der Waals surface area contributed by atoms with E-state index < -0.39 is 5.91 Å². The largest absolute Gasteiger partial charge is 0.369 e. The first-order valence-electron chi connectivity index (χ1n) is 6.12. The van der Waals surface area contributed by atoms with Crippen LogP contribution >= 0.6 is 23.2 Å². The third-order valence-corrected chi connectivity index (χ3v) is 3.65. The maximum absolute atomic E-state index is 11.1. The Morgan fingerprint density at radius 3 is 2.62 bits per heavy atom. The summed E-state index contributed by atoms with van der Waals surface area (Å²) in [4.78, 5) is 22.8. The lowest BCUT2D eigenvalue weighted by Crippen LogP contribution is -2.14. The van der Waals surface area contributed by atoms with Crippen LogP contribution in [0.4, 0.5) is 0 Å². The lowest BCUT2D eigenvalue weighted by molar-refractivity contribution is -0.117. The van der Waals surface area contributed by atoms with Crippen LogP contribution < -0.4 is 5.73 Å². The van der Waals surface area contributed by atoms with Gasteiger partial charge in [0.2, 0.25) is 5.91 Å². The number of halogens is 2. The number of pyridine rings is 1. The second-order valence-electron chi connectivity index (χ2n) is 4.48. The van der Waals surface area contributed by atoms with E-state index in [0.717, 1.165) is 5.52 Å². The molecular weight excluding hydrogens is 311 g/mol. The highest BCUT2D eigenvalue weighted by Crippen LogP contribution is 2.34. The topological polar surface area (TPSA) is 84.7 Å². The predicted molar refractivity (Wildman–Crippen MR) is 82.2 cm³/mol. The third-order valence-electron chi connectivity index (χ3n) is 3.02. The van der Waals surface area contributed by atoms with Crippen molar-refractivity contribution in [1.29, 1.82) is 0 Å². The van der Waals surface area contributed by atoms with Crippen molar-refractivity contribution in [2.45, 2.75) is 6.42 Å². The van der Waals surface area contributed by atoms with Gasteiger partial charge in [0, 0.05) is 6.20 Å². The van der Waals surface area contributed by atoms with E-state index in [4.69, 9.17) is 28.9 Å². The minimum Gasteiger partial charge on any atom is -0.369 e. The fourth-order valence-electron chi connectivity index (χ4n) is 2.13. The summed E-state index contributed by atoms with van der Waals surface area (Å²) < 4.78 is 0.